The average molecular weight is 600 g/mol. The minimum atomic E-state index is -0.509. The van der Waals surface area contributed by atoms with Crippen molar-refractivity contribution in [3.8, 4) is 5.75 Å². The van der Waals surface area contributed by atoms with Gasteiger partial charge in [-0.3, -0.25) is 14.9 Å². The number of benzene rings is 3. The first-order chi connectivity index (χ1) is 16.8. The molecule has 0 saturated carbocycles. The number of nitrogens with zero attached hydrogens (tertiary/aromatic N) is 4. The van der Waals surface area contributed by atoms with E-state index in [0.717, 1.165) is 15.6 Å². The summed E-state index contributed by atoms with van der Waals surface area (Å²) in [4.78, 5) is 29.0. The van der Waals surface area contributed by atoms with Crippen molar-refractivity contribution in [1.29, 1.82) is 0 Å². The number of nitro groups is 1. The standard InChI is InChI=1S/C25H20Br2N4O4/c1-3-23-29-21-9-8-18(26)11-20(21)25(32)30(23)28-13-17-10-19(27)12-22(31(33)34)24(17)35-14-16-6-4-15(2)5-7-16/h4-13H,3,14H2,1-2H3. The number of hydrogen-bond acceptors (Lipinski definition) is 6. The van der Waals surface area contributed by atoms with Crippen molar-refractivity contribution in [3.05, 3.63) is 107 Å². The van der Waals surface area contributed by atoms with E-state index in [0.29, 0.717) is 33.2 Å². The maximum Gasteiger partial charge on any atom is 0.312 e. The first-order valence-corrected chi connectivity index (χ1v) is 12.3. The fourth-order valence-corrected chi connectivity index (χ4v) is 4.32. The van der Waals surface area contributed by atoms with Gasteiger partial charge in [-0.1, -0.05) is 68.6 Å². The van der Waals surface area contributed by atoms with E-state index in [4.69, 9.17) is 4.74 Å². The molecule has 0 radical (unpaired) electrons. The van der Waals surface area contributed by atoms with Crippen LogP contribution in [-0.2, 0) is 13.0 Å². The molecule has 0 saturated heterocycles. The second-order valence-electron chi connectivity index (χ2n) is 7.78. The maximum atomic E-state index is 13.2. The lowest BCUT2D eigenvalue weighted by molar-refractivity contribution is -0.386. The number of nitro benzene ring substituents is 1. The number of fused-ring (bicyclic) bond motifs is 1. The van der Waals surface area contributed by atoms with E-state index in [1.165, 1.54) is 17.0 Å². The van der Waals surface area contributed by atoms with Gasteiger partial charge in [0.25, 0.3) is 5.56 Å². The molecule has 0 aliphatic carbocycles. The number of rotatable bonds is 7. The van der Waals surface area contributed by atoms with Gasteiger partial charge in [-0.05, 0) is 36.8 Å². The quantitative estimate of drug-likeness (QED) is 0.144. The summed E-state index contributed by atoms with van der Waals surface area (Å²) in [6.07, 6.45) is 1.85. The summed E-state index contributed by atoms with van der Waals surface area (Å²) in [5.41, 5.74) is 2.34. The molecule has 8 nitrogen and oxygen atoms in total. The molecule has 0 fully saturated rings. The smallest absolute Gasteiger partial charge is 0.312 e. The molecule has 0 atom stereocenters. The summed E-state index contributed by atoms with van der Waals surface area (Å²) in [5.74, 6) is 0.526. The summed E-state index contributed by atoms with van der Waals surface area (Å²) in [5, 5.41) is 16.6. The van der Waals surface area contributed by atoms with Crippen molar-refractivity contribution in [2.24, 2.45) is 5.10 Å². The molecule has 4 rings (SSSR count). The van der Waals surface area contributed by atoms with E-state index >= 15 is 0 Å². The molecule has 35 heavy (non-hydrogen) atoms. The first-order valence-electron chi connectivity index (χ1n) is 10.7. The Balaban J connectivity index is 1.79. The number of hydrogen-bond donors (Lipinski definition) is 0. The molecular weight excluding hydrogens is 580 g/mol. The van der Waals surface area contributed by atoms with Crippen LogP contribution in [0.15, 0.2) is 73.4 Å². The third-order valence-electron chi connectivity index (χ3n) is 5.27. The fourth-order valence-electron chi connectivity index (χ4n) is 3.49. The number of aryl methyl sites for hydroxylation is 2. The lowest BCUT2D eigenvalue weighted by Crippen LogP contribution is -2.22. The molecule has 0 spiro atoms. The van der Waals surface area contributed by atoms with E-state index in [-0.39, 0.29) is 23.6 Å². The Morgan fingerprint density at radius 1 is 1.11 bits per heavy atom. The van der Waals surface area contributed by atoms with Crippen LogP contribution in [0.5, 0.6) is 5.75 Å². The summed E-state index contributed by atoms with van der Waals surface area (Å²) >= 11 is 6.70. The van der Waals surface area contributed by atoms with Crippen molar-refractivity contribution in [3.63, 3.8) is 0 Å². The summed E-state index contributed by atoms with van der Waals surface area (Å²) < 4.78 is 8.35. The van der Waals surface area contributed by atoms with Gasteiger partial charge in [-0.2, -0.15) is 9.78 Å². The van der Waals surface area contributed by atoms with Crippen molar-refractivity contribution in [2.45, 2.75) is 26.9 Å². The lowest BCUT2D eigenvalue weighted by Gasteiger charge is -2.11. The van der Waals surface area contributed by atoms with Crippen molar-refractivity contribution in [2.75, 3.05) is 0 Å². The zero-order chi connectivity index (χ0) is 25.1. The molecule has 1 heterocycles. The SMILES string of the molecule is CCc1nc2ccc(Br)cc2c(=O)n1N=Cc1cc(Br)cc([N+](=O)[O-])c1OCc1ccc(C)cc1. The highest BCUT2D eigenvalue weighted by atomic mass is 79.9. The number of ether oxygens (including phenoxy) is 1. The highest BCUT2D eigenvalue weighted by Crippen LogP contribution is 2.34. The minimum absolute atomic E-state index is 0.0603. The zero-order valence-electron chi connectivity index (χ0n) is 18.9. The molecule has 1 aromatic heterocycles. The topological polar surface area (TPSA) is 99.6 Å². The molecule has 0 aliphatic rings. The molecule has 0 amide bonds. The van der Waals surface area contributed by atoms with Gasteiger partial charge >= 0.3 is 5.69 Å². The van der Waals surface area contributed by atoms with Crippen LogP contribution < -0.4 is 10.3 Å². The molecule has 3 aromatic carbocycles. The second kappa shape index (κ2) is 10.5. The monoisotopic (exact) mass is 598 g/mol. The molecular formula is C25H20Br2N4O4. The van der Waals surface area contributed by atoms with E-state index in [1.54, 1.807) is 18.2 Å². The van der Waals surface area contributed by atoms with Gasteiger partial charge in [0.2, 0.25) is 5.75 Å². The molecule has 4 aromatic rings. The Morgan fingerprint density at radius 3 is 2.54 bits per heavy atom. The Kier molecular flexibility index (Phi) is 7.42. The highest BCUT2D eigenvalue weighted by Gasteiger charge is 2.21. The lowest BCUT2D eigenvalue weighted by atomic mass is 10.1. The van der Waals surface area contributed by atoms with Gasteiger partial charge in [0.1, 0.15) is 12.4 Å². The summed E-state index contributed by atoms with van der Waals surface area (Å²) in [7, 11) is 0. The highest BCUT2D eigenvalue weighted by molar-refractivity contribution is 9.10. The largest absolute Gasteiger partial charge is 0.481 e. The van der Waals surface area contributed by atoms with Gasteiger partial charge in [0.05, 0.1) is 22.0 Å². The fraction of sp³-hybridized carbons (Fsp3) is 0.160. The van der Waals surface area contributed by atoms with Gasteiger partial charge in [-0.25, -0.2) is 4.98 Å². The number of aromatic nitrogens is 2. The van der Waals surface area contributed by atoms with E-state index in [9.17, 15) is 14.9 Å². The van der Waals surface area contributed by atoms with Crippen LogP contribution in [0.2, 0.25) is 0 Å². The van der Waals surface area contributed by atoms with Crippen LogP contribution in [0.4, 0.5) is 5.69 Å². The normalized spacial score (nSPS) is 11.3. The first kappa shape index (κ1) is 24.7. The average Bonchev–Trinajstić information content (AvgIpc) is 2.83. The van der Waals surface area contributed by atoms with Gasteiger partial charge in [0.15, 0.2) is 0 Å². The molecule has 10 heteroatoms. The number of halogens is 2. The van der Waals surface area contributed by atoms with Crippen LogP contribution in [0.3, 0.4) is 0 Å². The predicted octanol–water partition coefficient (Wildman–Crippen LogP) is 6.16. The Labute approximate surface area is 217 Å². The maximum absolute atomic E-state index is 13.2. The summed E-state index contributed by atoms with van der Waals surface area (Å²) in [6.45, 7) is 3.99. The van der Waals surface area contributed by atoms with Gasteiger partial charge in [-0.15, -0.1) is 0 Å². The molecule has 0 bridgehead atoms. The third kappa shape index (κ3) is 5.49. The minimum Gasteiger partial charge on any atom is -0.481 e. The van der Waals surface area contributed by atoms with Crippen molar-refractivity contribution < 1.29 is 9.66 Å². The Bertz CT molecular complexity index is 1520. The van der Waals surface area contributed by atoms with Crippen LogP contribution in [-0.4, -0.2) is 20.8 Å². The van der Waals surface area contributed by atoms with Gasteiger partial charge < -0.3 is 4.74 Å². The molecule has 0 unspecified atom stereocenters. The van der Waals surface area contributed by atoms with Crippen molar-refractivity contribution >= 4 is 54.7 Å². The predicted molar refractivity (Wildman–Crippen MR) is 142 cm³/mol. The molecule has 178 valence electrons. The Hall–Kier alpha value is -3.37. The van der Waals surface area contributed by atoms with Crippen LogP contribution >= 0.6 is 31.9 Å². The molecule has 0 aliphatic heterocycles. The molecule has 0 N–H and O–H groups in total. The van der Waals surface area contributed by atoms with Crippen LogP contribution in [0.25, 0.3) is 10.9 Å². The van der Waals surface area contributed by atoms with Crippen LogP contribution in [0.1, 0.15) is 29.4 Å². The summed E-state index contributed by atoms with van der Waals surface area (Å²) in [6, 6.07) is 16.0. The van der Waals surface area contributed by atoms with Gasteiger partial charge in [0, 0.05) is 27.0 Å². The Morgan fingerprint density at radius 2 is 1.86 bits per heavy atom. The third-order valence-corrected chi connectivity index (χ3v) is 6.22. The van der Waals surface area contributed by atoms with Crippen molar-refractivity contribution in [1.82, 2.24) is 9.66 Å². The second-order valence-corrected chi connectivity index (χ2v) is 9.61. The van der Waals surface area contributed by atoms with E-state index < -0.39 is 4.92 Å². The van der Waals surface area contributed by atoms with Crippen LogP contribution in [0, 0.1) is 17.0 Å². The van der Waals surface area contributed by atoms with E-state index in [2.05, 4.69) is 41.9 Å². The van der Waals surface area contributed by atoms with E-state index in [1.807, 2.05) is 44.2 Å². The zero-order valence-corrected chi connectivity index (χ0v) is 22.0.